The molecule has 0 aromatic heterocycles. The molecule has 9 nitrogen and oxygen atoms in total. The molecular formula is C33H32N2O7S. The summed E-state index contributed by atoms with van der Waals surface area (Å²) in [7, 11) is -4.00. The molecule has 1 aliphatic rings. The smallest absolute Gasteiger partial charge is 0.270 e. The maximum absolute atomic E-state index is 13.8. The molecule has 0 aliphatic carbocycles. The van der Waals surface area contributed by atoms with E-state index in [0.29, 0.717) is 27.8 Å². The quantitative estimate of drug-likeness (QED) is 0.247. The Morgan fingerprint density at radius 2 is 1.28 bits per heavy atom. The van der Waals surface area contributed by atoms with E-state index in [1.54, 1.807) is 13.8 Å². The number of carbonyl (C=O) groups is 3. The van der Waals surface area contributed by atoms with Crippen molar-refractivity contribution in [2.24, 2.45) is 0 Å². The second-order valence-corrected chi connectivity index (χ2v) is 12.0. The number of amides is 3. The van der Waals surface area contributed by atoms with Crippen molar-refractivity contribution in [2.45, 2.75) is 39.9 Å². The monoisotopic (exact) mass is 600 g/mol. The molecule has 43 heavy (non-hydrogen) atoms. The Morgan fingerprint density at radius 1 is 0.767 bits per heavy atom. The molecule has 5 rings (SSSR count). The molecule has 0 unspecified atom stereocenters. The zero-order chi connectivity index (χ0) is 30.9. The van der Waals surface area contributed by atoms with Crippen LogP contribution in [0, 0.1) is 13.8 Å². The first kappa shape index (κ1) is 29.8. The van der Waals surface area contributed by atoms with Gasteiger partial charge in [0.1, 0.15) is 11.5 Å². The summed E-state index contributed by atoms with van der Waals surface area (Å²) in [6.45, 7) is 7.92. The molecule has 0 fully saturated rings. The molecule has 222 valence electrons. The average Bonchev–Trinajstić information content (AvgIpc) is 3.22. The highest BCUT2D eigenvalue weighted by atomic mass is 32.2. The summed E-state index contributed by atoms with van der Waals surface area (Å²) in [6, 6.07) is 18.9. The van der Waals surface area contributed by atoms with Crippen LogP contribution in [-0.2, 0) is 27.0 Å². The van der Waals surface area contributed by atoms with Crippen LogP contribution < -0.4 is 19.1 Å². The molecule has 0 saturated heterocycles. The standard InChI is InChI=1S/C33H32N2O7S/c1-5-41-30-24-12-7-8-13-25(24)31(42-6-2)29-28(30)32(37)35(33(29)38)23-16-14-22(15-17-23)19-43(39,40)34-27(36)18-26-20(3)10-9-11-21(26)4/h7-17H,5-6,18-19H2,1-4H3,(H,34,36). The largest absolute Gasteiger partial charge is 0.492 e. The van der Waals surface area contributed by atoms with Gasteiger partial charge in [-0.3, -0.25) is 19.1 Å². The van der Waals surface area contributed by atoms with Gasteiger partial charge in [0, 0.05) is 10.8 Å². The predicted molar refractivity (Wildman–Crippen MR) is 164 cm³/mol. The SMILES string of the molecule is CCOc1c2c(c(OCC)c3ccccc13)C(=O)N(c1ccc(CS(=O)(=O)NC(=O)Cc3c(C)cccc3C)cc1)C2=O. The molecule has 0 atom stereocenters. The number of carbonyl (C=O) groups excluding carboxylic acids is 3. The highest BCUT2D eigenvalue weighted by Gasteiger charge is 2.43. The van der Waals surface area contributed by atoms with E-state index >= 15 is 0 Å². The number of fused-ring (bicyclic) bond motifs is 2. The van der Waals surface area contributed by atoms with Crippen molar-refractivity contribution >= 4 is 44.2 Å². The summed E-state index contributed by atoms with van der Waals surface area (Å²) < 4.78 is 39.5. The lowest BCUT2D eigenvalue weighted by Gasteiger charge is -2.15. The third-order valence-electron chi connectivity index (χ3n) is 7.33. The minimum atomic E-state index is -4.00. The fourth-order valence-electron chi connectivity index (χ4n) is 5.42. The Labute approximate surface area is 250 Å². The molecule has 1 N–H and O–H groups in total. The van der Waals surface area contributed by atoms with E-state index in [2.05, 4.69) is 4.72 Å². The number of hydrogen-bond donors (Lipinski definition) is 1. The predicted octanol–water partition coefficient (Wildman–Crippen LogP) is 5.24. The van der Waals surface area contributed by atoms with E-state index < -0.39 is 33.5 Å². The van der Waals surface area contributed by atoms with E-state index in [9.17, 15) is 22.8 Å². The average molecular weight is 601 g/mol. The zero-order valence-corrected chi connectivity index (χ0v) is 25.2. The Hall–Kier alpha value is -4.70. The lowest BCUT2D eigenvalue weighted by Crippen LogP contribution is -2.33. The summed E-state index contributed by atoms with van der Waals surface area (Å²) in [5.74, 6) is -1.57. The first-order chi connectivity index (χ1) is 20.6. The number of nitrogens with zero attached hydrogens (tertiary/aromatic N) is 1. The third kappa shape index (κ3) is 5.70. The van der Waals surface area contributed by atoms with Gasteiger partial charge < -0.3 is 9.47 Å². The number of hydrogen-bond acceptors (Lipinski definition) is 7. The molecule has 1 heterocycles. The van der Waals surface area contributed by atoms with E-state index in [1.807, 2.05) is 56.3 Å². The van der Waals surface area contributed by atoms with Crippen LogP contribution in [0.15, 0.2) is 66.7 Å². The van der Waals surface area contributed by atoms with Gasteiger partial charge in [-0.15, -0.1) is 0 Å². The third-order valence-corrected chi connectivity index (χ3v) is 8.59. The molecule has 0 spiro atoms. The van der Waals surface area contributed by atoms with Gasteiger partial charge in [-0.05, 0) is 62.1 Å². The summed E-state index contributed by atoms with van der Waals surface area (Å²) >= 11 is 0. The molecule has 0 saturated carbocycles. The number of rotatable bonds is 10. The molecule has 0 radical (unpaired) electrons. The second kappa shape index (κ2) is 11.9. The number of nitrogens with one attached hydrogen (secondary N) is 1. The number of imide groups is 1. The minimum absolute atomic E-state index is 0.0567. The van der Waals surface area contributed by atoms with Crippen LogP contribution in [0.5, 0.6) is 11.5 Å². The molecular weight excluding hydrogens is 568 g/mol. The lowest BCUT2D eigenvalue weighted by atomic mass is 9.99. The Bertz CT molecular complexity index is 1780. The van der Waals surface area contributed by atoms with E-state index in [-0.39, 0.29) is 36.4 Å². The van der Waals surface area contributed by atoms with Gasteiger partial charge in [0.25, 0.3) is 11.8 Å². The van der Waals surface area contributed by atoms with Crippen LogP contribution in [-0.4, -0.2) is 39.4 Å². The van der Waals surface area contributed by atoms with Crippen LogP contribution in [0.1, 0.15) is 56.8 Å². The summed E-state index contributed by atoms with van der Waals surface area (Å²) in [6.07, 6.45) is -0.0567. The van der Waals surface area contributed by atoms with Gasteiger partial charge in [0.15, 0.2) is 0 Å². The maximum atomic E-state index is 13.8. The van der Waals surface area contributed by atoms with Crippen LogP contribution >= 0.6 is 0 Å². The molecule has 1 aliphatic heterocycles. The van der Waals surface area contributed by atoms with Gasteiger partial charge in [-0.2, -0.15) is 0 Å². The number of ether oxygens (including phenoxy) is 2. The van der Waals surface area contributed by atoms with Gasteiger partial charge in [-0.1, -0.05) is 54.6 Å². The zero-order valence-electron chi connectivity index (χ0n) is 24.4. The van der Waals surface area contributed by atoms with Crippen LogP contribution in [0.2, 0.25) is 0 Å². The van der Waals surface area contributed by atoms with Gasteiger partial charge in [0.05, 0.1) is 42.2 Å². The normalized spacial score (nSPS) is 12.9. The van der Waals surface area contributed by atoms with E-state index in [1.165, 1.54) is 24.3 Å². The number of sulfonamides is 1. The van der Waals surface area contributed by atoms with E-state index in [4.69, 9.17) is 9.47 Å². The van der Waals surface area contributed by atoms with Gasteiger partial charge in [-0.25, -0.2) is 13.3 Å². The van der Waals surface area contributed by atoms with Crippen molar-refractivity contribution in [3.8, 4) is 11.5 Å². The van der Waals surface area contributed by atoms with Crippen molar-refractivity contribution in [1.29, 1.82) is 0 Å². The molecule has 10 heteroatoms. The Morgan fingerprint density at radius 3 is 1.77 bits per heavy atom. The minimum Gasteiger partial charge on any atom is -0.492 e. The summed E-state index contributed by atoms with van der Waals surface area (Å²) in [4.78, 5) is 41.1. The van der Waals surface area contributed by atoms with Crippen LogP contribution in [0.4, 0.5) is 5.69 Å². The summed E-state index contributed by atoms with van der Waals surface area (Å²) in [5.41, 5.74) is 3.51. The Balaban J connectivity index is 1.40. The Kier molecular flexibility index (Phi) is 8.23. The molecule has 4 aromatic carbocycles. The number of anilines is 1. The van der Waals surface area contributed by atoms with Crippen LogP contribution in [0.25, 0.3) is 10.8 Å². The highest BCUT2D eigenvalue weighted by Crippen LogP contribution is 2.46. The van der Waals surface area contributed by atoms with Crippen molar-refractivity contribution in [3.05, 3.63) is 100 Å². The van der Waals surface area contributed by atoms with Crippen LogP contribution in [0.3, 0.4) is 0 Å². The highest BCUT2D eigenvalue weighted by molar-refractivity contribution is 7.89. The first-order valence-electron chi connectivity index (χ1n) is 14.0. The molecule has 0 bridgehead atoms. The van der Waals surface area contributed by atoms with Crippen molar-refractivity contribution in [2.75, 3.05) is 18.1 Å². The summed E-state index contributed by atoms with van der Waals surface area (Å²) in [5, 5.41) is 1.32. The van der Waals surface area contributed by atoms with Crippen molar-refractivity contribution < 1.29 is 32.3 Å². The first-order valence-corrected chi connectivity index (χ1v) is 15.6. The second-order valence-electron chi connectivity index (χ2n) is 10.3. The fourth-order valence-corrected chi connectivity index (χ4v) is 6.54. The molecule has 3 amide bonds. The maximum Gasteiger partial charge on any atom is 0.270 e. The lowest BCUT2D eigenvalue weighted by molar-refractivity contribution is -0.118. The van der Waals surface area contributed by atoms with Gasteiger partial charge >= 0.3 is 0 Å². The van der Waals surface area contributed by atoms with Crippen molar-refractivity contribution in [3.63, 3.8) is 0 Å². The van der Waals surface area contributed by atoms with E-state index in [0.717, 1.165) is 21.6 Å². The number of benzene rings is 4. The topological polar surface area (TPSA) is 119 Å². The molecule has 4 aromatic rings. The fraction of sp³-hybridized carbons (Fsp3) is 0.242. The van der Waals surface area contributed by atoms with Crippen molar-refractivity contribution in [1.82, 2.24) is 4.72 Å². The van der Waals surface area contributed by atoms with Gasteiger partial charge in [0.2, 0.25) is 15.9 Å². The number of aryl methyl sites for hydroxylation is 2.